The van der Waals surface area contributed by atoms with Crippen molar-refractivity contribution in [2.24, 2.45) is 0 Å². The molecular formula is C15H23N5OS. The second-order valence-electron chi connectivity index (χ2n) is 6.69. The van der Waals surface area contributed by atoms with Crippen LogP contribution in [-0.2, 0) is 4.79 Å². The van der Waals surface area contributed by atoms with Gasteiger partial charge >= 0.3 is 0 Å². The van der Waals surface area contributed by atoms with E-state index in [1.165, 1.54) is 25.7 Å². The van der Waals surface area contributed by atoms with Crippen molar-refractivity contribution in [1.82, 2.24) is 24.6 Å². The molecule has 2 saturated carbocycles. The molecule has 1 saturated heterocycles. The molecule has 3 fully saturated rings. The zero-order valence-corrected chi connectivity index (χ0v) is 13.9. The van der Waals surface area contributed by atoms with E-state index >= 15 is 0 Å². The summed E-state index contributed by atoms with van der Waals surface area (Å²) in [5.41, 5.74) is 0. The lowest BCUT2D eigenvalue weighted by molar-refractivity contribution is -0.129. The number of carbonyl (C=O) groups is 1. The van der Waals surface area contributed by atoms with Gasteiger partial charge in [0, 0.05) is 38.1 Å². The van der Waals surface area contributed by atoms with Gasteiger partial charge in [0.1, 0.15) is 5.82 Å². The first-order valence-corrected chi connectivity index (χ1v) is 9.25. The van der Waals surface area contributed by atoms with E-state index in [0.717, 1.165) is 37.2 Å². The Bertz CT molecular complexity index is 558. The maximum absolute atomic E-state index is 12.4. The Kier molecular flexibility index (Phi) is 3.86. The number of amides is 1. The molecule has 22 heavy (non-hydrogen) atoms. The number of carbonyl (C=O) groups excluding carboxylic acids is 1. The Balaban J connectivity index is 1.38. The molecule has 3 aliphatic rings. The molecule has 2 aliphatic carbocycles. The summed E-state index contributed by atoms with van der Waals surface area (Å²) in [6, 6.07) is 0.590. The topological polar surface area (TPSA) is 54.3 Å². The van der Waals surface area contributed by atoms with Gasteiger partial charge in [0.2, 0.25) is 5.91 Å². The van der Waals surface area contributed by atoms with Gasteiger partial charge in [-0.15, -0.1) is 10.2 Å². The highest BCUT2D eigenvalue weighted by molar-refractivity contribution is 7.99. The molecule has 1 amide bonds. The first-order valence-electron chi connectivity index (χ1n) is 8.26. The Hall–Kier alpha value is -1.08. The van der Waals surface area contributed by atoms with Crippen molar-refractivity contribution in [3.8, 4) is 0 Å². The second-order valence-corrected chi connectivity index (χ2v) is 7.63. The van der Waals surface area contributed by atoms with Crippen molar-refractivity contribution in [2.75, 3.05) is 39.0 Å². The van der Waals surface area contributed by atoms with Gasteiger partial charge in [0.25, 0.3) is 0 Å². The third-order valence-electron chi connectivity index (χ3n) is 4.73. The largest absolute Gasteiger partial charge is 0.339 e. The van der Waals surface area contributed by atoms with Crippen LogP contribution in [0, 0.1) is 0 Å². The molecule has 0 unspecified atom stereocenters. The first-order chi connectivity index (χ1) is 10.7. The summed E-state index contributed by atoms with van der Waals surface area (Å²) in [6.45, 7) is 3.64. The van der Waals surface area contributed by atoms with Gasteiger partial charge in [-0.25, -0.2) is 0 Å². The molecule has 1 aromatic heterocycles. The van der Waals surface area contributed by atoms with Gasteiger partial charge in [-0.05, 0) is 32.7 Å². The van der Waals surface area contributed by atoms with Crippen LogP contribution >= 0.6 is 11.8 Å². The Morgan fingerprint density at radius 1 is 1.14 bits per heavy atom. The van der Waals surface area contributed by atoms with Crippen LogP contribution in [-0.4, -0.2) is 69.5 Å². The predicted molar refractivity (Wildman–Crippen MR) is 85.1 cm³/mol. The predicted octanol–water partition coefficient (Wildman–Crippen LogP) is 1.36. The monoisotopic (exact) mass is 321 g/mol. The first kappa shape index (κ1) is 14.5. The molecule has 7 heteroatoms. The van der Waals surface area contributed by atoms with E-state index in [0.29, 0.717) is 17.7 Å². The molecular weight excluding hydrogens is 298 g/mol. The molecule has 0 atom stereocenters. The third-order valence-corrected chi connectivity index (χ3v) is 5.65. The highest BCUT2D eigenvalue weighted by Crippen LogP contribution is 2.45. The van der Waals surface area contributed by atoms with Gasteiger partial charge in [0.05, 0.1) is 5.75 Å². The van der Waals surface area contributed by atoms with Crippen LogP contribution in [0.3, 0.4) is 0 Å². The number of nitrogens with zero attached hydrogens (tertiary/aromatic N) is 5. The van der Waals surface area contributed by atoms with Gasteiger partial charge in [0.15, 0.2) is 5.16 Å². The normalized spacial score (nSPS) is 23.0. The van der Waals surface area contributed by atoms with Crippen molar-refractivity contribution in [1.29, 1.82) is 0 Å². The minimum absolute atomic E-state index is 0.233. The third kappa shape index (κ3) is 3.01. The lowest BCUT2D eigenvalue weighted by Gasteiger charge is -2.32. The number of hydrogen-bond acceptors (Lipinski definition) is 5. The molecule has 2 heterocycles. The summed E-state index contributed by atoms with van der Waals surface area (Å²) in [5.74, 6) is 2.50. The highest BCUT2D eigenvalue weighted by Gasteiger charge is 2.36. The lowest BCUT2D eigenvalue weighted by atomic mass is 10.3. The average Bonchev–Trinajstić information content (AvgIpc) is 3.44. The van der Waals surface area contributed by atoms with Crippen molar-refractivity contribution in [3.63, 3.8) is 0 Å². The maximum Gasteiger partial charge on any atom is 0.233 e. The van der Waals surface area contributed by atoms with Crippen molar-refractivity contribution in [3.05, 3.63) is 5.82 Å². The van der Waals surface area contributed by atoms with Gasteiger partial charge in [-0.2, -0.15) is 0 Å². The van der Waals surface area contributed by atoms with E-state index in [9.17, 15) is 4.79 Å². The summed E-state index contributed by atoms with van der Waals surface area (Å²) < 4.78 is 2.32. The van der Waals surface area contributed by atoms with E-state index in [1.807, 2.05) is 4.90 Å². The van der Waals surface area contributed by atoms with E-state index < -0.39 is 0 Å². The van der Waals surface area contributed by atoms with E-state index in [2.05, 4.69) is 26.7 Å². The number of hydrogen-bond donors (Lipinski definition) is 0. The standard InChI is InChI=1S/C15H23N5OS/c1-18-6-8-19(9-7-18)13(21)10-22-15-17-16-14(11-2-3-11)20(15)12-4-5-12/h11-12H,2-10H2,1H3. The summed E-state index contributed by atoms with van der Waals surface area (Å²) in [7, 11) is 2.11. The molecule has 120 valence electrons. The minimum atomic E-state index is 0.233. The number of rotatable bonds is 5. The SMILES string of the molecule is CN1CCN(C(=O)CSc2nnc(C3CC3)n2C2CC2)CC1. The molecule has 1 aliphatic heterocycles. The molecule has 0 N–H and O–H groups in total. The number of piperazine rings is 1. The maximum atomic E-state index is 12.4. The number of likely N-dealkylation sites (N-methyl/N-ethyl adjacent to an activating group) is 1. The molecule has 0 radical (unpaired) electrons. The number of thioether (sulfide) groups is 1. The fraction of sp³-hybridized carbons (Fsp3) is 0.800. The smallest absolute Gasteiger partial charge is 0.233 e. The van der Waals surface area contributed by atoms with Crippen molar-refractivity contribution >= 4 is 17.7 Å². The quantitative estimate of drug-likeness (QED) is 0.767. The number of aromatic nitrogens is 3. The zero-order chi connectivity index (χ0) is 15.1. The Morgan fingerprint density at radius 2 is 1.86 bits per heavy atom. The van der Waals surface area contributed by atoms with Gasteiger partial charge in [-0.1, -0.05) is 11.8 Å². The molecule has 0 spiro atoms. The minimum Gasteiger partial charge on any atom is -0.339 e. The fourth-order valence-corrected chi connectivity index (χ4v) is 3.87. The van der Waals surface area contributed by atoms with Gasteiger partial charge in [-0.3, -0.25) is 4.79 Å². The van der Waals surface area contributed by atoms with Crippen LogP contribution < -0.4 is 0 Å². The summed E-state index contributed by atoms with van der Waals surface area (Å²) in [4.78, 5) is 16.6. The Morgan fingerprint density at radius 3 is 2.50 bits per heavy atom. The van der Waals surface area contributed by atoms with E-state index in [1.54, 1.807) is 11.8 Å². The summed E-state index contributed by atoms with van der Waals surface area (Å²) in [6.07, 6.45) is 4.96. The van der Waals surface area contributed by atoms with Gasteiger partial charge < -0.3 is 14.4 Å². The summed E-state index contributed by atoms with van der Waals surface area (Å²) >= 11 is 1.57. The molecule has 4 rings (SSSR count). The van der Waals surface area contributed by atoms with E-state index in [4.69, 9.17) is 0 Å². The molecule has 1 aromatic rings. The Labute approximate surface area is 135 Å². The fourth-order valence-electron chi connectivity index (χ4n) is 2.96. The second kappa shape index (κ2) is 5.85. The highest BCUT2D eigenvalue weighted by atomic mass is 32.2. The van der Waals surface area contributed by atoms with Crippen molar-refractivity contribution < 1.29 is 4.79 Å². The van der Waals surface area contributed by atoms with Crippen LogP contribution in [0.15, 0.2) is 5.16 Å². The van der Waals surface area contributed by atoms with Crippen molar-refractivity contribution in [2.45, 2.75) is 42.8 Å². The molecule has 0 aromatic carbocycles. The van der Waals surface area contributed by atoms with Crippen LogP contribution in [0.4, 0.5) is 0 Å². The van der Waals surface area contributed by atoms with Crippen LogP contribution in [0.25, 0.3) is 0 Å². The van der Waals surface area contributed by atoms with E-state index in [-0.39, 0.29) is 5.91 Å². The van der Waals surface area contributed by atoms with Crippen LogP contribution in [0.5, 0.6) is 0 Å². The van der Waals surface area contributed by atoms with Crippen LogP contribution in [0.1, 0.15) is 43.5 Å². The lowest BCUT2D eigenvalue weighted by Crippen LogP contribution is -2.47. The zero-order valence-electron chi connectivity index (χ0n) is 13.1. The average molecular weight is 321 g/mol. The molecule has 6 nitrogen and oxygen atoms in total. The molecule has 0 bridgehead atoms. The van der Waals surface area contributed by atoms with Crippen LogP contribution in [0.2, 0.25) is 0 Å². The summed E-state index contributed by atoms with van der Waals surface area (Å²) in [5, 5.41) is 9.72.